The summed E-state index contributed by atoms with van der Waals surface area (Å²) in [5.74, 6) is -0.351. The van der Waals surface area contributed by atoms with Gasteiger partial charge >= 0.3 is 0 Å². The van der Waals surface area contributed by atoms with E-state index in [1.165, 1.54) is 0 Å². The summed E-state index contributed by atoms with van der Waals surface area (Å²) in [6.07, 6.45) is 1.73. The minimum atomic E-state index is -3.73. The van der Waals surface area contributed by atoms with E-state index in [1.54, 1.807) is 55.5 Å². The standard InChI is InChI=1S/C25H25ClN2O4S/c1-2-22(17-29)28-25(30)20-12-10-18(11-13-20)16-27-33(31,32)23-8-5-6-19(15-23)14-21-7-3-4-9-24(21)26/h3-13,15,17,22,27H,2,14,16H2,1H3,(H,28,30). The molecule has 172 valence electrons. The van der Waals surface area contributed by atoms with Gasteiger partial charge in [0.1, 0.15) is 6.29 Å². The van der Waals surface area contributed by atoms with Crippen molar-refractivity contribution in [1.29, 1.82) is 0 Å². The predicted octanol–water partition coefficient (Wildman–Crippen LogP) is 4.12. The third-order valence-corrected chi connectivity index (χ3v) is 6.93. The third kappa shape index (κ3) is 6.74. The highest BCUT2D eigenvalue weighted by molar-refractivity contribution is 7.89. The zero-order valence-electron chi connectivity index (χ0n) is 18.1. The van der Waals surface area contributed by atoms with E-state index in [0.29, 0.717) is 35.3 Å². The number of hydrogen-bond donors (Lipinski definition) is 2. The maximum atomic E-state index is 12.8. The highest BCUT2D eigenvalue weighted by Gasteiger charge is 2.15. The Morgan fingerprint density at radius 3 is 2.39 bits per heavy atom. The predicted molar refractivity (Wildman–Crippen MR) is 129 cm³/mol. The number of carbonyl (C=O) groups excluding carboxylic acids is 2. The average molecular weight is 485 g/mol. The molecule has 3 rings (SSSR count). The van der Waals surface area contributed by atoms with Gasteiger partial charge in [-0.25, -0.2) is 13.1 Å². The van der Waals surface area contributed by atoms with Crippen LogP contribution in [0.15, 0.2) is 77.7 Å². The van der Waals surface area contributed by atoms with Crippen LogP contribution >= 0.6 is 11.6 Å². The van der Waals surface area contributed by atoms with Crippen molar-refractivity contribution >= 4 is 33.8 Å². The van der Waals surface area contributed by atoms with Gasteiger partial charge in [0.15, 0.2) is 0 Å². The summed E-state index contributed by atoms with van der Waals surface area (Å²) in [7, 11) is -3.73. The van der Waals surface area contributed by atoms with Gasteiger partial charge in [-0.2, -0.15) is 0 Å². The number of nitrogens with one attached hydrogen (secondary N) is 2. The molecule has 0 saturated heterocycles. The molecule has 3 aromatic rings. The van der Waals surface area contributed by atoms with Crippen molar-refractivity contribution in [3.8, 4) is 0 Å². The van der Waals surface area contributed by atoms with Gasteiger partial charge < -0.3 is 10.1 Å². The summed E-state index contributed by atoms with van der Waals surface area (Å²) in [6, 6.07) is 20.2. The molecule has 0 bridgehead atoms. The number of carbonyl (C=O) groups is 2. The van der Waals surface area contributed by atoms with Crippen molar-refractivity contribution in [3.63, 3.8) is 0 Å². The third-order valence-electron chi connectivity index (χ3n) is 5.16. The van der Waals surface area contributed by atoms with Crippen LogP contribution in [0.25, 0.3) is 0 Å². The maximum absolute atomic E-state index is 12.8. The zero-order valence-corrected chi connectivity index (χ0v) is 19.7. The van der Waals surface area contributed by atoms with Crippen molar-refractivity contribution < 1.29 is 18.0 Å². The van der Waals surface area contributed by atoms with E-state index in [4.69, 9.17) is 11.6 Å². The van der Waals surface area contributed by atoms with Gasteiger partial charge in [-0.05, 0) is 59.9 Å². The SMILES string of the molecule is CCC(C=O)NC(=O)c1ccc(CNS(=O)(=O)c2cccc(Cc3ccccc3Cl)c2)cc1. The molecule has 0 aliphatic rings. The molecule has 1 atom stereocenters. The smallest absolute Gasteiger partial charge is 0.251 e. The van der Waals surface area contributed by atoms with Gasteiger partial charge in [0.2, 0.25) is 10.0 Å². The van der Waals surface area contributed by atoms with Crippen molar-refractivity contribution in [1.82, 2.24) is 10.0 Å². The molecule has 0 aliphatic heterocycles. The number of benzene rings is 3. The first-order chi connectivity index (χ1) is 15.8. The summed E-state index contributed by atoms with van der Waals surface area (Å²) in [4.78, 5) is 23.2. The highest BCUT2D eigenvalue weighted by atomic mass is 35.5. The number of rotatable bonds is 10. The molecule has 0 radical (unpaired) electrons. The first-order valence-corrected chi connectivity index (χ1v) is 12.4. The van der Waals surface area contributed by atoms with Gasteiger partial charge in [-0.1, -0.05) is 61.0 Å². The number of hydrogen-bond acceptors (Lipinski definition) is 4. The molecule has 6 nitrogen and oxygen atoms in total. The van der Waals surface area contributed by atoms with Crippen LogP contribution in [0.5, 0.6) is 0 Å². The first-order valence-electron chi connectivity index (χ1n) is 10.5. The second kappa shape index (κ2) is 11.2. The average Bonchev–Trinajstić information content (AvgIpc) is 2.83. The van der Waals surface area contributed by atoms with Gasteiger partial charge in [-0.3, -0.25) is 4.79 Å². The molecule has 0 fully saturated rings. The molecule has 0 aliphatic carbocycles. The largest absolute Gasteiger partial charge is 0.343 e. The van der Waals surface area contributed by atoms with Crippen LogP contribution in [-0.2, 0) is 27.8 Å². The van der Waals surface area contributed by atoms with Gasteiger partial charge in [-0.15, -0.1) is 0 Å². The van der Waals surface area contributed by atoms with Crippen LogP contribution in [0, 0.1) is 0 Å². The first kappa shape index (κ1) is 24.6. The fourth-order valence-electron chi connectivity index (χ4n) is 3.20. The van der Waals surface area contributed by atoms with Gasteiger partial charge in [0.05, 0.1) is 10.9 Å². The second-order valence-electron chi connectivity index (χ2n) is 7.56. The summed E-state index contributed by atoms with van der Waals surface area (Å²) >= 11 is 6.22. The maximum Gasteiger partial charge on any atom is 0.251 e. The van der Waals surface area contributed by atoms with E-state index in [-0.39, 0.29) is 17.3 Å². The van der Waals surface area contributed by atoms with Crippen LogP contribution in [0.4, 0.5) is 0 Å². The van der Waals surface area contributed by atoms with E-state index in [9.17, 15) is 18.0 Å². The molecule has 0 spiro atoms. The lowest BCUT2D eigenvalue weighted by Crippen LogP contribution is -2.35. The molecule has 8 heteroatoms. The summed E-state index contributed by atoms with van der Waals surface area (Å²) in [5, 5.41) is 3.27. The lowest BCUT2D eigenvalue weighted by Gasteiger charge is -2.11. The Morgan fingerprint density at radius 1 is 1.00 bits per heavy atom. The van der Waals surface area contributed by atoms with E-state index < -0.39 is 16.1 Å². The second-order valence-corrected chi connectivity index (χ2v) is 9.74. The molecule has 3 aromatic carbocycles. The quantitative estimate of drug-likeness (QED) is 0.423. The normalized spacial score (nSPS) is 12.2. The van der Waals surface area contributed by atoms with Crippen molar-refractivity contribution in [3.05, 3.63) is 100 Å². The lowest BCUT2D eigenvalue weighted by molar-refractivity contribution is -0.109. The Kier molecular flexibility index (Phi) is 8.38. The van der Waals surface area contributed by atoms with Gasteiger partial charge in [0.25, 0.3) is 5.91 Å². The molecule has 0 heterocycles. The number of sulfonamides is 1. The Hall–Kier alpha value is -3.00. The monoisotopic (exact) mass is 484 g/mol. The lowest BCUT2D eigenvalue weighted by atomic mass is 10.1. The molecular weight excluding hydrogens is 460 g/mol. The van der Waals surface area contributed by atoms with E-state index in [0.717, 1.165) is 11.1 Å². The molecule has 33 heavy (non-hydrogen) atoms. The van der Waals surface area contributed by atoms with Crippen LogP contribution in [-0.4, -0.2) is 26.7 Å². The summed E-state index contributed by atoms with van der Waals surface area (Å²) < 4.78 is 28.2. The Labute approximate surface area is 199 Å². The van der Waals surface area contributed by atoms with Crippen LogP contribution in [0.2, 0.25) is 5.02 Å². The van der Waals surface area contributed by atoms with Crippen molar-refractivity contribution in [2.45, 2.75) is 37.2 Å². The molecule has 0 saturated carbocycles. The molecule has 2 N–H and O–H groups in total. The number of halogens is 1. The van der Waals surface area contributed by atoms with Crippen LogP contribution < -0.4 is 10.0 Å². The minimum absolute atomic E-state index is 0.0743. The Balaban J connectivity index is 1.65. The minimum Gasteiger partial charge on any atom is -0.343 e. The van der Waals surface area contributed by atoms with E-state index in [1.807, 2.05) is 24.3 Å². The molecular formula is C25H25ClN2O4S. The fraction of sp³-hybridized carbons (Fsp3) is 0.200. The molecule has 0 aromatic heterocycles. The Morgan fingerprint density at radius 2 is 1.73 bits per heavy atom. The highest BCUT2D eigenvalue weighted by Crippen LogP contribution is 2.21. The summed E-state index contributed by atoms with van der Waals surface area (Å²) in [5.41, 5.74) is 2.85. The molecule has 1 unspecified atom stereocenters. The molecule has 1 amide bonds. The number of amides is 1. The van der Waals surface area contributed by atoms with Crippen LogP contribution in [0.1, 0.15) is 40.4 Å². The summed E-state index contributed by atoms with van der Waals surface area (Å²) in [6.45, 7) is 1.88. The van der Waals surface area contributed by atoms with E-state index >= 15 is 0 Å². The zero-order chi connectivity index (χ0) is 23.8. The van der Waals surface area contributed by atoms with Crippen LogP contribution in [0.3, 0.4) is 0 Å². The van der Waals surface area contributed by atoms with Crippen molar-refractivity contribution in [2.24, 2.45) is 0 Å². The Bertz CT molecular complexity index is 1230. The van der Waals surface area contributed by atoms with Gasteiger partial charge in [0, 0.05) is 17.1 Å². The van der Waals surface area contributed by atoms with Crippen molar-refractivity contribution in [2.75, 3.05) is 0 Å². The van der Waals surface area contributed by atoms with E-state index in [2.05, 4.69) is 10.0 Å². The topological polar surface area (TPSA) is 92.3 Å². The number of aldehydes is 1. The fourth-order valence-corrected chi connectivity index (χ4v) is 4.49.